The van der Waals surface area contributed by atoms with Crippen molar-refractivity contribution in [3.05, 3.63) is 48.6 Å². The van der Waals surface area contributed by atoms with Gasteiger partial charge in [0.15, 0.2) is 18.9 Å². The van der Waals surface area contributed by atoms with Crippen molar-refractivity contribution in [2.75, 3.05) is 26.4 Å². The Morgan fingerprint density at radius 2 is 0.802 bits per heavy atom. The smallest absolute Gasteiger partial charge is 0.220 e. The number of hydrogen-bond donors (Lipinski definition) is 12. The van der Waals surface area contributed by atoms with Gasteiger partial charge in [-0.15, -0.1) is 0 Å². The third kappa shape index (κ3) is 31.7. The van der Waals surface area contributed by atoms with Crippen molar-refractivity contribution in [2.24, 2.45) is 0 Å². The topological polar surface area (TPSA) is 307 Å². The molecule has 0 aromatic carbocycles. The second-order valence-electron chi connectivity index (χ2n) is 24.3. The van der Waals surface area contributed by atoms with Crippen molar-refractivity contribution in [2.45, 2.75) is 343 Å². The molecule has 502 valence electrons. The van der Waals surface area contributed by atoms with Gasteiger partial charge in [0.25, 0.3) is 0 Å². The summed E-state index contributed by atoms with van der Waals surface area (Å²) in [5, 5.41) is 120. The third-order valence-electron chi connectivity index (χ3n) is 16.9. The van der Waals surface area contributed by atoms with Gasteiger partial charge >= 0.3 is 0 Å². The van der Waals surface area contributed by atoms with Crippen molar-refractivity contribution in [1.82, 2.24) is 5.32 Å². The number of hydrogen-bond acceptors (Lipinski definition) is 18. The van der Waals surface area contributed by atoms with Gasteiger partial charge in [0, 0.05) is 6.42 Å². The van der Waals surface area contributed by atoms with E-state index in [4.69, 9.17) is 28.4 Å². The Kier molecular flexibility index (Phi) is 44.8. The van der Waals surface area contributed by atoms with E-state index in [1.165, 1.54) is 122 Å². The van der Waals surface area contributed by atoms with Gasteiger partial charge in [-0.3, -0.25) is 4.79 Å². The predicted molar refractivity (Wildman–Crippen MR) is 332 cm³/mol. The first-order valence-electron chi connectivity index (χ1n) is 33.9. The van der Waals surface area contributed by atoms with Crippen molar-refractivity contribution < 1.29 is 89.4 Å². The largest absolute Gasteiger partial charge is 0.394 e. The lowest BCUT2D eigenvalue weighted by Crippen LogP contribution is -2.66. The van der Waals surface area contributed by atoms with Crippen molar-refractivity contribution in [3.8, 4) is 0 Å². The number of amides is 1. The minimum atomic E-state index is -1.98. The van der Waals surface area contributed by atoms with Gasteiger partial charge in [0.05, 0.1) is 38.6 Å². The van der Waals surface area contributed by atoms with Crippen LogP contribution in [0.5, 0.6) is 0 Å². The molecule has 19 heteroatoms. The normalized spacial score (nSPS) is 29.1. The highest BCUT2D eigenvalue weighted by Crippen LogP contribution is 2.33. The number of unbranched alkanes of at least 4 members (excludes halogenated alkanes) is 29. The Morgan fingerprint density at radius 1 is 0.430 bits per heavy atom. The Morgan fingerprint density at radius 3 is 1.26 bits per heavy atom. The lowest BCUT2D eigenvalue weighted by molar-refractivity contribution is -0.379. The van der Waals surface area contributed by atoms with Crippen molar-refractivity contribution in [1.29, 1.82) is 0 Å². The molecular weight excluding hydrogens is 1110 g/mol. The summed E-state index contributed by atoms with van der Waals surface area (Å²) in [5.41, 5.74) is 0. The monoisotopic (exact) mass is 1230 g/mol. The molecule has 3 saturated heterocycles. The summed E-state index contributed by atoms with van der Waals surface area (Å²) in [5.74, 6) is -0.285. The summed E-state index contributed by atoms with van der Waals surface area (Å²) >= 11 is 0. The summed E-state index contributed by atoms with van der Waals surface area (Å²) in [6.07, 6.45) is 30.9. The van der Waals surface area contributed by atoms with E-state index in [1.807, 2.05) is 6.08 Å². The van der Waals surface area contributed by atoms with Gasteiger partial charge in [-0.1, -0.05) is 229 Å². The van der Waals surface area contributed by atoms with Crippen LogP contribution < -0.4 is 5.32 Å². The van der Waals surface area contributed by atoms with Crippen LogP contribution in [-0.4, -0.2) is 193 Å². The molecule has 3 rings (SSSR count). The van der Waals surface area contributed by atoms with E-state index in [2.05, 4.69) is 55.6 Å². The molecule has 0 bridgehead atoms. The molecule has 12 N–H and O–H groups in total. The van der Waals surface area contributed by atoms with Gasteiger partial charge in [0.1, 0.15) is 73.2 Å². The highest BCUT2D eigenvalue weighted by atomic mass is 16.8. The maximum absolute atomic E-state index is 13.4. The maximum Gasteiger partial charge on any atom is 0.220 e. The number of carbonyl (C=O) groups excluding carboxylic acids is 1. The zero-order valence-electron chi connectivity index (χ0n) is 52.8. The number of carbonyl (C=O) groups is 1. The standard InChI is InChI=1S/C67H121NO18/c1-3-5-7-9-11-13-15-17-19-21-22-23-24-25-26-27-29-30-32-34-36-38-40-42-44-51(72)50(68-55(73)45-43-41-39-37-35-33-31-28-20-18-16-14-12-10-8-6-4-2)49-81-65-61(79)58(76)63(53(47-70)83-65)86-67-62(80)59(77)64(54(48-71)84-67)85-66-60(78)57(75)56(74)52(46-69)82-66/h6,8,12,14,18,20,42,44,50-54,56-67,69-72,74-80H,3-5,7,9-11,13,15-17,19,21-41,43,45-49H2,1-2H3,(H,68,73)/b8-6-,14-12-,20-18-,44-42+. The zero-order valence-corrected chi connectivity index (χ0v) is 52.8. The third-order valence-corrected chi connectivity index (χ3v) is 16.9. The zero-order chi connectivity index (χ0) is 62.6. The van der Waals surface area contributed by atoms with Crippen LogP contribution in [0.3, 0.4) is 0 Å². The fraction of sp³-hybridized carbons (Fsp3) is 0.866. The molecule has 17 unspecified atom stereocenters. The van der Waals surface area contributed by atoms with Gasteiger partial charge < -0.3 is 89.9 Å². The summed E-state index contributed by atoms with van der Waals surface area (Å²) in [6, 6.07) is -0.980. The number of allylic oxidation sites excluding steroid dienone is 7. The SMILES string of the molecule is CC/C=C\C/C=C\C/C=C\CCCCCCCCCC(=O)NC(COC1OC(CO)C(OC2OC(CO)C(OC3OC(CO)C(O)C(O)C3O)C(O)C2O)C(O)C1O)C(O)/C=C/CCCCCCCCCCCCCCCCCCCCCCCC. The molecular formula is C67H121NO18. The average Bonchev–Trinajstić information content (AvgIpc) is 2.24. The molecule has 3 fully saturated rings. The molecule has 86 heavy (non-hydrogen) atoms. The van der Waals surface area contributed by atoms with Gasteiger partial charge in [-0.2, -0.15) is 0 Å². The lowest BCUT2D eigenvalue weighted by Gasteiger charge is -2.48. The highest BCUT2D eigenvalue weighted by molar-refractivity contribution is 5.76. The maximum atomic E-state index is 13.4. The number of aliphatic hydroxyl groups is 11. The number of rotatable bonds is 51. The van der Waals surface area contributed by atoms with E-state index in [-0.39, 0.29) is 18.9 Å². The first-order chi connectivity index (χ1) is 41.8. The molecule has 0 aromatic rings. The van der Waals surface area contributed by atoms with Crippen LogP contribution in [-0.2, 0) is 33.2 Å². The molecule has 17 atom stereocenters. The second-order valence-corrected chi connectivity index (χ2v) is 24.3. The van der Waals surface area contributed by atoms with E-state index >= 15 is 0 Å². The van der Waals surface area contributed by atoms with Crippen LogP contribution >= 0.6 is 0 Å². The highest BCUT2D eigenvalue weighted by Gasteiger charge is 2.53. The molecule has 0 spiro atoms. The van der Waals surface area contributed by atoms with Crippen LogP contribution in [0.2, 0.25) is 0 Å². The van der Waals surface area contributed by atoms with E-state index in [0.717, 1.165) is 89.9 Å². The minimum Gasteiger partial charge on any atom is -0.394 e. The molecule has 1 amide bonds. The average molecular weight is 1230 g/mol. The lowest BCUT2D eigenvalue weighted by atomic mass is 9.96. The summed E-state index contributed by atoms with van der Waals surface area (Å²) in [7, 11) is 0. The van der Waals surface area contributed by atoms with E-state index in [1.54, 1.807) is 6.08 Å². The predicted octanol–water partition coefficient (Wildman–Crippen LogP) is 8.22. The van der Waals surface area contributed by atoms with Gasteiger partial charge in [-0.25, -0.2) is 0 Å². The fourth-order valence-corrected chi connectivity index (χ4v) is 11.4. The molecule has 0 aliphatic carbocycles. The summed E-state index contributed by atoms with van der Waals surface area (Å²) in [4.78, 5) is 13.4. The summed E-state index contributed by atoms with van der Waals surface area (Å²) < 4.78 is 34.3. The molecule has 3 aliphatic rings. The van der Waals surface area contributed by atoms with Crippen LogP contribution in [0.15, 0.2) is 48.6 Å². The quantitative estimate of drug-likeness (QED) is 0.0202. The van der Waals surface area contributed by atoms with Crippen LogP contribution in [0, 0.1) is 0 Å². The Balaban J connectivity index is 1.45. The molecule has 19 nitrogen and oxygen atoms in total. The van der Waals surface area contributed by atoms with Crippen molar-refractivity contribution >= 4 is 5.91 Å². The van der Waals surface area contributed by atoms with Crippen LogP contribution in [0.4, 0.5) is 0 Å². The summed E-state index contributed by atoms with van der Waals surface area (Å²) in [6.45, 7) is 1.62. The van der Waals surface area contributed by atoms with Crippen LogP contribution in [0.25, 0.3) is 0 Å². The Hall–Kier alpha value is -2.25. The van der Waals surface area contributed by atoms with E-state index < -0.39 is 124 Å². The number of aliphatic hydroxyl groups excluding tert-OH is 11. The molecule has 0 radical (unpaired) electrons. The van der Waals surface area contributed by atoms with Gasteiger partial charge in [0.2, 0.25) is 5.91 Å². The second kappa shape index (κ2) is 49.5. The van der Waals surface area contributed by atoms with Crippen LogP contribution in [0.1, 0.15) is 239 Å². The molecule has 3 aliphatic heterocycles. The minimum absolute atomic E-state index is 0.231. The fourth-order valence-electron chi connectivity index (χ4n) is 11.4. The Bertz CT molecular complexity index is 1750. The molecule has 0 aromatic heterocycles. The van der Waals surface area contributed by atoms with Gasteiger partial charge in [-0.05, 0) is 51.4 Å². The van der Waals surface area contributed by atoms with E-state index in [0.29, 0.717) is 6.42 Å². The first kappa shape index (κ1) is 78.0. The first-order valence-corrected chi connectivity index (χ1v) is 33.9. The van der Waals surface area contributed by atoms with E-state index in [9.17, 15) is 61.0 Å². The Labute approximate surface area is 516 Å². The van der Waals surface area contributed by atoms with Crippen molar-refractivity contribution in [3.63, 3.8) is 0 Å². The molecule has 3 heterocycles. The number of nitrogens with one attached hydrogen (secondary N) is 1. The number of ether oxygens (including phenoxy) is 6. The molecule has 0 saturated carbocycles.